The number of pyridine rings is 1. The van der Waals surface area contributed by atoms with Crippen molar-refractivity contribution < 1.29 is 15.0 Å². The Morgan fingerprint density at radius 1 is 1.61 bits per heavy atom. The van der Waals surface area contributed by atoms with Gasteiger partial charge in [-0.15, -0.1) is 0 Å². The Hall–Kier alpha value is -1.33. The summed E-state index contributed by atoms with van der Waals surface area (Å²) in [7, 11) is 0. The number of β-amino-alcohol motifs (C(OH)–C–C–N with tert-alkyl or cyclic N) is 1. The van der Waals surface area contributed by atoms with E-state index in [1.807, 2.05) is 11.8 Å². The topological polar surface area (TPSA) is 73.7 Å². The molecule has 0 saturated carbocycles. The lowest BCUT2D eigenvalue weighted by Gasteiger charge is -2.35. The third-order valence-corrected chi connectivity index (χ3v) is 3.57. The molecule has 6 heteroatoms. The maximum atomic E-state index is 10.8. The summed E-state index contributed by atoms with van der Waals surface area (Å²) in [5.74, 6) is -0.255. The molecule has 5 nitrogen and oxygen atoms in total. The summed E-state index contributed by atoms with van der Waals surface area (Å²) >= 11 is 6.04. The van der Waals surface area contributed by atoms with Gasteiger partial charge in [0, 0.05) is 19.3 Å². The standard InChI is InChI=1S/C12H15ClN2O3/c1-7-2-3-15(6-10(7)16)11-9(13)4-8(5-14-11)12(17)18/h4-5,7,10,16H,2-3,6H2,1H3,(H,17,18). The van der Waals surface area contributed by atoms with Crippen LogP contribution in [0.1, 0.15) is 23.7 Å². The van der Waals surface area contributed by atoms with Gasteiger partial charge in [0.05, 0.1) is 16.7 Å². The number of carboxylic acids is 1. The highest BCUT2D eigenvalue weighted by atomic mass is 35.5. The molecule has 0 aromatic carbocycles. The van der Waals surface area contributed by atoms with E-state index in [-0.39, 0.29) is 11.5 Å². The highest BCUT2D eigenvalue weighted by molar-refractivity contribution is 6.33. The summed E-state index contributed by atoms with van der Waals surface area (Å²) in [6, 6.07) is 1.39. The number of aromatic carboxylic acids is 1. The molecule has 0 radical (unpaired) electrons. The Kier molecular flexibility index (Phi) is 3.73. The summed E-state index contributed by atoms with van der Waals surface area (Å²) in [6.07, 6.45) is 1.74. The van der Waals surface area contributed by atoms with Gasteiger partial charge >= 0.3 is 5.97 Å². The molecule has 0 spiro atoms. The first-order valence-corrected chi connectivity index (χ1v) is 6.18. The minimum absolute atomic E-state index is 0.0645. The molecule has 2 rings (SSSR count). The number of aliphatic hydroxyl groups is 1. The van der Waals surface area contributed by atoms with Gasteiger partial charge in [-0.05, 0) is 18.4 Å². The van der Waals surface area contributed by atoms with Crippen molar-refractivity contribution in [3.05, 3.63) is 22.8 Å². The largest absolute Gasteiger partial charge is 0.478 e. The lowest BCUT2D eigenvalue weighted by molar-refractivity contribution is 0.0696. The van der Waals surface area contributed by atoms with Crippen LogP contribution < -0.4 is 4.90 Å². The van der Waals surface area contributed by atoms with Crippen LogP contribution in [0.25, 0.3) is 0 Å². The fourth-order valence-corrected chi connectivity index (χ4v) is 2.31. The summed E-state index contributed by atoms with van der Waals surface area (Å²) in [4.78, 5) is 16.8. The number of halogens is 1. The lowest BCUT2D eigenvalue weighted by atomic mass is 9.96. The summed E-state index contributed by atoms with van der Waals surface area (Å²) < 4.78 is 0. The van der Waals surface area contributed by atoms with E-state index >= 15 is 0 Å². The van der Waals surface area contributed by atoms with Crippen LogP contribution in [0.2, 0.25) is 5.02 Å². The third-order valence-electron chi connectivity index (χ3n) is 3.29. The van der Waals surface area contributed by atoms with E-state index in [1.54, 1.807) is 0 Å². The first-order chi connectivity index (χ1) is 8.49. The van der Waals surface area contributed by atoms with Gasteiger partial charge < -0.3 is 15.1 Å². The van der Waals surface area contributed by atoms with Crippen LogP contribution in [-0.2, 0) is 0 Å². The molecule has 1 aromatic heterocycles. The molecule has 2 N–H and O–H groups in total. The second-order valence-electron chi connectivity index (χ2n) is 4.61. The molecule has 1 aliphatic rings. The van der Waals surface area contributed by atoms with E-state index < -0.39 is 12.1 Å². The molecule has 0 amide bonds. The molecule has 1 saturated heterocycles. The van der Waals surface area contributed by atoms with Crippen molar-refractivity contribution in [1.82, 2.24) is 4.98 Å². The van der Waals surface area contributed by atoms with Crippen LogP contribution in [0.15, 0.2) is 12.3 Å². The van der Waals surface area contributed by atoms with Gasteiger partial charge in [0.2, 0.25) is 0 Å². The number of aliphatic hydroxyl groups excluding tert-OH is 1. The number of hydrogen-bond acceptors (Lipinski definition) is 4. The van der Waals surface area contributed by atoms with Gasteiger partial charge in [0.15, 0.2) is 0 Å². The maximum absolute atomic E-state index is 10.8. The van der Waals surface area contributed by atoms with Gasteiger partial charge in [-0.1, -0.05) is 18.5 Å². The van der Waals surface area contributed by atoms with E-state index in [0.29, 0.717) is 17.4 Å². The Morgan fingerprint density at radius 2 is 2.33 bits per heavy atom. The SMILES string of the molecule is CC1CCN(c2ncc(C(=O)O)cc2Cl)CC1O. The minimum atomic E-state index is -1.05. The molecular weight excluding hydrogens is 256 g/mol. The third kappa shape index (κ3) is 2.57. The molecule has 1 aromatic rings. The normalized spacial score (nSPS) is 24.1. The van der Waals surface area contributed by atoms with Crippen molar-refractivity contribution in [2.45, 2.75) is 19.4 Å². The zero-order valence-electron chi connectivity index (χ0n) is 10.0. The summed E-state index contributed by atoms with van der Waals surface area (Å²) in [5, 5.41) is 19.0. The Labute approximate surface area is 110 Å². The molecule has 0 bridgehead atoms. The Bertz CT molecular complexity index is 467. The van der Waals surface area contributed by atoms with Crippen LogP contribution in [0.3, 0.4) is 0 Å². The minimum Gasteiger partial charge on any atom is -0.478 e. The number of piperidine rings is 1. The molecule has 2 atom stereocenters. The second kappa shape index (κ2) is 5.12. The zero-order chi connectivity index (χ0) is 13.3. The average Bonchev–Trinajstić information content (AvgIpc) is 2.32. The maximum Gasteiger partial charge on any atom is 0.337 e. The van der Waals surface area contributed by atoms with Crippen LogP contribution in [-0.4, -0.2) is 40.4 Å². The lowest BCUT2D eigenvalue weighted by Crippen LogP contribution is -2.43. The quantitative estimate of drug-likeness (QED) is 0.855. The van der Waals surface area contributed by atoms with Crippen molar-refractivity contribution in [3.8, 4) is 0 Å². The summed E-state index contributed by atoms with van der Waals surface area (Å²) in [6.45, 7) is 3.24. The number of hydrogen-bond donors (Lipinski definition) is 2. The van der Waals surface area contributed by atoms with Crippen molar-refractivity contribution in [2.75, 3.05) is 18.0 Å². The number of aromatic nitrogens is 1. The van der Waals surface area contributed by atoms with Crippen LogP contribution in [0.4, 0.5) is 5.82 Å². The van der Waals surface area contributed by atoms with E-state index in [9.17, 15) is 9.90 Å². The van der Waals surface area contributed by atoms with Crippen LogP contribution >= 0.6 is 11.6 Å². The number of carbonyl (C=O) groups is 1. The van der Waals surface area contributed by atoms with Crippen molar-refractivity contribution in [1.29, 1.82) is 0 Å². The number of anilines is 1. The van der Waals surface area contributed by atoms with Gasteiger partial charge in [-0.3, -0.25) is 0 Å². The van der Waals surface area contributed by atoms with Crippen molar-refractivity contribution in [2.24, 2.45) is 5.92 Å². The Morgan fingerprint density at radius 3 is 2.89 bits per heavy atom. The molecule has 2 heterocycles. The predicted molar refractivity (Wildman–Crippen MR) is 68.2 cm³/mol. The van der Waals surface area contributed by atoms with E-state index in [1.165, 1.54) is 12.3 Å². The van der Waals surface area contributed by atoms with E-state index in [2.05, 4.69) is 4.98 Å². The zero-order valence-corrected chi connectivity index (χ0v) is 10.8. The first kappa shape index (κ1) is 13.1. The summed E-state index contributed by atoms with van der Waals surface area (Å²) in [5.41, 5.74) is 0.0645. The van der Waals surface area contributed by atoms with Gasteiger partial charge in [-0.25, -0.2) is 9.78 Å². The number of nitrogens with zero attached hydrogens (tertiary/aromatic N) is 2. The van der Waals surface area contributed by atoms with Gasteiger partial charge in [-0.2, -0.15) is 0 Å². The predicted octanol–water partition coefficient (Wildman–Crippen LogP) is 1.64. The highest BCUT2D eigenvalue weighted by Crippen LogP contribution is 2.28. The van der Waals surface area contributed by atoms with Crippen molar-refractivity contribution in [3.63, 3.8) is 0 Å². The second-order valence-corrected chi connectivity index (χ2v) is 5.02. The van der Waals surface area contributed by atoms with Gasteiger partial charge in [0.25, 0.3) is 0 Å². The molecule has 1 fully saturated rings. The monoisotopic (exact) mass is 270 g/mol. The average molecular weight is 271 g/mol. The fraction of sp³-hybridized carbons (Fsp3) is 0.500. The number of carboxylic acid groups (broad SMARTS) is 1. The van der Waals surface area contributed by atoms with Gasteiger partial charge in [0.1, 0.15) is 5.82 Å². The smallest absolute Gasteiger partial charge is 0.337 e. The van der Waals surface area contributed by atoms with Crippen LogP contribution in [0, 0.1) is 5.92 Å². The molecular formula is C12H15ClN2O3. The Balaban J connectivity index is 2.21. The molecule has 1 aliphatic heterocycles. The number of rotatable bonds is 2. The van der Waals surface area contributed by atoms with Crippen molar-refractivity contribution >= 4 is 23.4 Å². The first-order valence-electron chi connectivity index (χ1n) is 5.81. The van der Waals surface area contributed by atoms with E-state index in [4.69, 9.17) is 16.7 Å². The fourth-order valence-electron chi connectivity index (χ4n) is 2.02. The molecule has 18 heavy (non-hydrogen) atoms. The molecule has 0 aliphatic carbocycles. The van der Waals surface area contributed by atoms with Crippen LogP contribution in [0.5, 0.6) is 0 Å². The molecule has 2 unspecified atom stereocenters. The molecule has 98 valence electrons. The van der Waals surface area contributed by atoms with E-state index in [0.717, 1.165) is 13.0 Å². The highest BCUT2D eigenvalue weighted by Gasteiger charge is 2.26.